The molecule has 1 fully saturated rings. The average molecular weight is 252 g/mol. The van der Waals surface area contributed by atoms with Crippen molar-refractivity contribution in [3.63, 3.8) is 0 Å². The van der Waals surface area contributed by atoms with Gasteiger partial charge < -0.3 is 14.5 Å². The first-order valence-corrected chi connectivity index (χ1v) is 6.76. The molecule has 2 rings (SSSR count). The number of hydrogen-bond acceptors (Lipinski definition) is 4. The minimum absolute atomic E-state index is 0.732. The lowest BCUT2D eigenvalue weighted by Gasteiger charge is -2.14. The van der Waals surface area contributed by atoms with Crippen molar-refractivity contribution in [3.8, 4) is 0 Å². The zero-order chi connectivity index (χ0) is 12.8. The van der Waals surface area contributed by atoms with E-state index >= 15 is 0 Å². The summed E-state index contributed by atoms with van der Waals surface area (Å²) in [7, 11) is 3.85. The molecular formula is C14H24N2O2. The third-order valence-corrected chi connectivity index (χ3v) is 3.17. The Labute approximate surface area is 109 Å². The standard InChI is InChI=1S/C14H24N2O2/c1-16(8-3-9-17-2)11-14-7-6-13(18-14)10-15-12-4-5-12/h6-7,12,15H,3-5,8-11H2,1-2H3. The van der Waals surface area contributed by atoms with Gasteiger partial charge in [-0.15, -0.1) is 0 Å². The lowest BCUT2D eigenvalue weighted by atomic mass is 10.3. The summed E-state index contributed by atoms with van der Waals surface area (Å²) >= 11 is 0. The van der Waals surface area contributed by atoms with Crippen molar-refractivity contribution in [1.29, 1.82) is 0 Å². The SMILES string of the molecule is COCCCN(C)Cc1ccc(CNC2CC2)o1. The third kappa shape index (κ3) is 4.80. The van der Waals surface area contributed by atoms with Gasteiger partial charge in [0.1, 0.15) is 11.5 Å². The quantitative estimate of drug-likeness (QED) is 0.682. The molecule has 1 aromatic rings. The first kappa shape index (κ1) is 13.6. The lowest BCUT2D eigenvalue weighted by molar-refractivity contribution is 0.175. The number of methoxy groups -OCH3 is 1. The molecule has 1 aliphatic carbocycles. The van der Waals surface area contributed by atoms with Crippen LogP contribution in [-0.2, 0) is 17.8 Å². The Kier molecular flexibility index (Phi) is 5.23. The average Bonchev–Trinajstić information content (AvgIpc) is 3.08. The molecule has 0 atom stereocenters. The van der Waals surface area contributed by atoms with E-state index in [0.29, 0.717) is 0 Å². The molecular weight excluding hydrogens is 228 g/mol. The van der Waals surface area contributed by atoms with Crippen LogP contribution in [0.15, 0.2) is 16.5 Å². The topological polar surface area (TPSA) is 37.6 Å². The minimum Gasteiger partial charge on any atom is -0.463 e. The fourth-order valence-electron chi connectivity index (χ4n) is 1.96. The Hall–Kier alpha value is -0.840. The van der Waals surface area contributed by atoms with E-state index < -0.39 is 0 Å². The highest BCUT2D eigenvalue weighted by atomic mass is 16.5. The van der Waals surface area contributed by atoms with Crippen molar-refractivity contribution < 1.29 is 9.15 Å². The van der Waals surface area contributed by atoms with E-state index in [1.165, 1.54) is 12.8 Å². The fraction of sp³-hybridized carbons (Fsp3) is 0.714. The second-order valence-corrected chi connectivity index (χ2v) is 5.11. The Morgan fingerprint density at radius 3 is 2.89 bits per heavy atom. The Morgan fingerprint density at radius 2 is 2.17 bits per heavy atom. The highest BCUT2D eigenvalue weighted by molar-refractivity contribution is 5.07. The molecule has 1 aliphatic rings. The number of rotatable bonds is 9. The van der Waals surface area contributed by atoms with Gasteiger partial charge in [-0.05, 0) is 38.4 Å². The zero-order valence-electron chi connectivity index (χ0n) is 11.4. The van der Waals surface area contributed by atoms with Crippen LogP contribution in [0.25, 0.3) is 0 Å². The molecule has 0 radical (unpaired) electrons. The van der Waals surface area contributed by atoms with Gasteiger partial charge in [0.2, 0.25) is 0 Å². The second-order valence-electron chi connectivity index (χ2n) is 5.11. The molecule has 0 saturated heterocycles. The molecule has 4 nitrogen and oxygen atoms in total. The molecule has 0 aromatic carbocycles. The molecule has 4 heteroatoms. The molecule has 0 unspecified atom stereocenters. The van der Waals surface area contributed by atoms with Gasteiger partial charge in [0.15, 0.2) is 0 Å². The van der Waals surface area contributed by atoms with E-state index in [1.54, 1.807) is 7.11 Å². The predicted molar refractivity (Wildman–Crippen MR) is 71.4 cm³/mol. The zero-order valence-corrected chi connectivity index (χ0v) is 11.4. The molecule has 18 heavy (non-hydrogen) atoms. The Balaban J connectivity index is 1.67. The molecule has 1 aromatic heterocycles. The Bertz CT molecular complexity index is 347. The van der Waals surface area contributed by atoms with Crippen LogP contribution >= 0.6 is 0 Å². The summed E-state index contributed by atoms with van der Waals surface area (Å²) in [6, 6.07) is 4.89. The van der Waals surface area contributed by atoms with Crippen LogP contribution in [0.2, 0.25) is 0 Å². The summed E-state index contributed by atoms with van der Waals surface area (Å²) in [5, 5.41) is 3.46. The van der Waals surface area contributed by atoms with Crippen LogP contribution in [0.1, 0.15) is 30.8 Å². The van der Waals surface area contributed by atoms with Crippen molar-refractivity contribution in [3.05, 3.63) is 23.7 Å². The van der Waals surface area contributed by atoms with Gasteiger partial charge in [-0.25, -0.2) is 0 Å². The molecule has 1 saturated carbocycles. The van der Waals surface area contributed by atoms with E-state index in [2.05, 4.69) is 29.4 Å². The molecule has 1 N–H and O–H groups in total. The van der Waals surface area contributed by atoms with Gasteiger partial charge in [-0.1, -0.05) is 0 Å². The first-order chi connectivity index (χ1) is 8.78. The molecule has 102 valence electrons. The highest BCUT2D eigenvalue weighted by Crippen LogP contribution is 2.19. The maximum atomic E-state index is 5.80. The summed E-state index contributed by atoms with van der Waals surface area (Å²) in [4.78, 5) is 2.26. The van der Waals surface area contributed by atoms with Gasteiger partial charge >= 0.3 is 0 Å². The predicted octanol–water partition coefficient (Wildman–Crippen LogP) is 2.00. The molecule has 0 amide bonds. The number of nitrogens with one attached hydrogen (secondary N) is 1. The van der Waals surface area contributed by atoms with E-state index in [1.807, 2.05) is 0 Å². The van der Waals surface area contributed by atoms with Gasteiger partial charge in [-0.3, -0.25) is 4.90 Å². The Morgan fingerprint density at radius 1 is 1.39 bits per heavy atom. The van der Waals surface area contributed by atoms with Crippen LogP contribution in [0, 0.1) is 0 Å². The van der Waals surface area contributed by atoms with Crippen molar-refractivity contribution in [2.45, 2.75) is 38.4 Å². The minimum atomic E-state index is 0.732. The largest absolute Gasteiger partial charge is 0.463 e. The number of nitrogens with zero attached hydrogens (tertiary/aromatic N) is 1. The molecule has 0 bridgehead atoms. The lowest BCUT2D eigenvalue weighted by Crippen LogP contribution is -2.19. The molecule has 0 spiro atoms. The van der Waals surface area contributed by atoms with Gasteiger partial charge in [0.05, 0.1) is 13.1 Å². The number of hydrogen-bond donors (Lipinski definition) is 1. The van der Waals surface area contributed by atoms with E-state index in [0.717, 1.165) is 50.2 Å². The normalized spacial score (nSPS) is 15.5. The van der Waals surface area contributed by atoms with Gasteiger partial charge in [0.25, 0.3) is 0 Å². The number of ether oxygens (including phenoxy) is 1. The second kappa shape index (κ2) is 6.92. The van der Waals surface area contributed by atoms with E-state index in [4.69, 9.17) is 9.15 Å². The van der Waals surface area contributed by atoms with Crippen LogP contribution in [0.5, 0.6) is 0 Å². The van der Waals surface area contributed by atoms with Crippen LogP contribution in [0.3, 0.4) is 0 Å². The van der Waals surface area contributed by atoms with E-state index in [-0.39, 0.29) is 0 Å². The third-order valence-electron chi connectivity index (χ3n) is 3.17. The molecule has 0 aliphatic heterocycles. The monoisotopic (exact) mass is 252 g/mol. The van der Waals surface area contributed by atoms with Crippen LogP contribution < -0.4 is 5.32 Å². The van der Waals surface area contributed by atoms with Crippen molar-refractivity contribution >= 4 is 0 Å². The van der Waals surface area contributed by atoms with Crippen LogP contribution in [0.4, 0.5) is 0 Å². The van der Waals surface area contributed by atoms with Gasteiger partial charge in [-0.2, -0.15) is 0 Å². The molecule has 1 heterocycles. The summed E-state index contributed by atoms with van der Waals surface area (Å²) in [5.74, 6) is 2.09. The summed E-state index contributed by atoms with van der Waals surface area (Å²) in [5.41, 5.74) is 0. The fourth-order valence-corrected chi connectivity index (χ4v) is 1.96. The summed E-state index contributed by atoms with van der Waals surface area (Å²) in [6.45, 7) is 3.58. The van der Waals surface area contributed by atoms with Crippen molar-refractivity contribution in [2.75, 3.05) is 27.3 Å². The van der Waals surface area contributed by atoms with Crippen LogP contribution in [-0.4, -0.2) is 38.3 Å². The summed E-state index contributed by atoms with van der Waals surface area (Å²) in [6.07, 6.45) is 3.69. The smallest absolute Gasteiger partial charge is 0.118 e. The maximum absolute atomic E-state index is 5.80. The number of furan rings is 1. The maximum Gasteiger partial charge on any atom is 0.118 e. The van der Waals surface area contributed by atoms with Crippen molar-refractivity contribution in [1.82, 2.24) is 10.2 Å². The first-order valence-electron chi connectivity index (χ1n) is 6.76. The highest BCUT2D eigenvalue weighted by Gasteiger charge is 2.20. The van der Waals surface area contributed by atoms with Crippen molar-refractivity contribution in [2.24, 2.45) is 0 Å². The summed E-state index contributed by atoms with van der Waals surface area (Å²) < 4.78 is 10.9. The van der Waals surface area contributed by atoms with E-state index in [9.17, 15) is 0 Å². The van der Waals surface area contributed by atoms with Gasteiger partial charge in [0, 0.05) is 26.3 Å².